The van der Waals surface area contributed by atoms with Gasteiger partial charge in [0.1, 0.15) is 0 Å². The lowest BCUT2D eigenvalue weighted by atomic mass is 9.89. The zero-order chi connectivity index (χ0) is 11.7. The molecule has 1 aromatic heterocycles. The van der Waals surface area contributed by atoms with E-state index < -0.39 is 0 Å². The van der Waals surface area contributed by atoms with E-state index in [1.165, 1.54) is 37.9 Å². The van der Waals surface area contributed by atoms with Crippen molar-refractivity contribution in [2.75, 3.05) is 6.54 Å². The summed E-state index contributed by atoms with van der Waals surface area (Å²) in [7, 11) is 0. The van der Waals surface area contributed by atoms with Gasteiger partial charge in [-0.05, 0) is 55.7 Å². The average molecular weight is 232 g/mol. The molecule has 0 radical (unpaired) electrons. The fraction of sp³-hybridized carbons (Fsp3) is 0.733. The minimum atomic E-state index is 0.960. The number of rotatable bonds is 5. The Morgan fingerprint density at radius 2 is 2.29 bits per heavy atom. The summed E-state index contributed by atoms with van der Waals surface area (Å²) in [6.07, 6.45) is 8.28. The number of hydrogen-bond donors (Lipinski definition) is 1. The highest BCUT2D eigenvalue weighted by atomic mass is 15.0. The van der Waals surface area contributed by atoms with Crippen LogP contribution in [-0.4, -0.2) is 11.1 Å². The van der Waals surface area contributed by atoms with Crippen molar-refractivity contribution in [3.8, 4) is 0 Å². The molecule has 2 bridgehead atoms. The topological polar surface area (TPSA) is 17.0 Å². The number of nitrogens with one attached hydrogen (secondary N) is 1. The van der Waals surface area contributed by atoms with Gasteiger partial charge in [-0.3, -0.25) is 0 Å². The van der Waals surface area contributed by atoms with Crippen LogP contribution >= 0.6 is 0 Å². The van der Waals surface area contributed by atoms with Crippen LogP contribution in [0.2, 0.25) is 0 Å². The molecule has 3 rings (SSSR count). The highest BCUT2D eigenvalue weighted by molar-refractivity contribution is 5.07. The molecule has 94 valence electrons. The molecular formula is C15H24N2. The fourth-order valence-electron chi connectivity index (χ4n) is 3.89. The van der Waals surface area contributed by atoms with E-state index in [1.807, 2.05) is 0 Å². The maximum Gasteiger partial charge on any atom is 0.0359 e. The molecule has 17 heavy (non-hydrogen) atoms. The zero-order valence-corrected chi connectivity index (χ0v) is 10.9. The molecular weight excluding hydrogens is 208 g/mol. The molecule has 3 unspecified atom stereocenters. The predicted molar refractivity (Wildman–Crippen MR) is 70.8 cm³/mol. The first kappa shape index (κ1) is 11.3. The summed E-state index contributed by atoms with van der Waals surface area (Å²) in [5.74, 6) is 3.06. The number of fused-ring (bicyclic) bond motifs is 2. The summed E-state index contributed by atoms with van der Waals surface area (Å²) in [5, 5.41) is 3.43. The van der Waals surface area contributed by atoms with Crippen molar-refractivity contribution in [2.45, 2.75) is 45.7 Å². The summed E-state index contributed by atoms with van der Waals surface area (Å²) in [6, 6.07) is 4.45. The molecule has 1 N–H and O–H groups in total. The van der Waals surface area contributed by atoms with E-state index in [1.54, 1.807) is 0 Å². The van der Waals surface area contributed by atoms with Crippen molar-refractivity contribution in [3.63, 3.8) is 0 Å². The smallest absolute Gasteiger partial charge is 0.0359 e. The summed E-state index contributed by atoms with van der Waals surface area (Å²) >= 11 is 0. The highest BCUT2D eigenvalue weighted by Crippen LogP contribution is 2.48. The quantitative estimate of drug-likeness (QED) is 0.825. The Bertz CT molecular complexity index is 369. The van der Waals surface area contributed by atoms with Crippen LogP contribution in [0.4, 0.5) is 0 Å². The van der Waals surface area contributed by atoms with Crippen LogP contribution in [0.25, 0.3) is 0 Å². The van der Waals surface area contributed by atoms with Crippen LogP contribution in [0.3, 0.4) is 0 Å². The molecule has 2 saturated carbocycles. The molecule has 1 aromatic rings. The van der Waals surface area contributed by atoms with Gasteiger partial charge in [0.15, 0.2) is 0 Å². The molecule has 2 nitrogen and oxygen atoms in total. The lowest BCUT2D eigenvalue weighted by molar-refractivity contribution is 0.293. The van der Waals surface area contributed by atoms with Gasteiger partial charge in [0, 0.05) is 25.0 Å². The van der Waals surface area contributed by atoms with Gasteiger partial charge in [0.25, 0.3) is 0 Å². The monoisotopic (exact) mass is 232 g/mol. The molecule has 0 aliphatic heterocycles. The van der Waals surface area contributed by atoms with Crippen LogP contribution in [0.1, 0.15) is 38.3 Å². The Morgan fingerprint density at radius 1 is 1.35 bits per heavy atom. The molecule has 2 fully saturated rings. The molecule has 2 aliphatic carbocycles. The lowest BCUT2D eigenvalue weighted by Gasteiger charge is -2.23. The van der Waals surface area contributed by atoms with Gasteiger partial charge in [-0.15, -0.1) is 0 Å². The van der Waals surface area contributed by atoms with Crippen molar-refractivity contribution in [2.24, 2.45) is 17.8 Å². The Balaban J connectivity index is 1.63. The second-order valence-corrected chi connectivity index (χ2v) is 5.87. The van der Waals surface area contributed by atoms with Crippen LogP contribution in [0, 0.1) is 17.8 Å². The first-order valence-corrected chi connectivity index (χ1v) is 7.21. The molecule has 0 aromatic carbocycles. The summed E-state index contributed by atoms with van der Waals surface area (Å²) in [5.41, 5.74) is 1.45. The van der Waals surface area contributed by atoms with E-state index in [4.69, 9.17) is 0 Å². The van der Waals surface area contributed by atoms with Gasteiger partial charge in [0.05, 0.1) is 0 Å². The Morgan fingerprint density at radius 3 is 3.00 bits per heavy atom. The Kier molecular flexibility index (Phi) is 3.24. The standard InChI is InChI=1S/C15H24N2/c1-2-16-10-15-4-3-7-17(15)11-14-9-12-5-6-13(14)8-12/h3-4,7,12-14,16H,2,5-6,8-11H2,1H3. The SMILES string of the molecule is CCNCc1cccn1CC1CC2CCC1C2. The minimum Gasteiger partial charge on any atom is -0.350 e. The second kappa shape index (κ2) is 4.85. The maximum atomic E-state index is 3.43. The summed E-state index contributed by atoms with van der Waals surface area (Å²) in [6.45, 7) is 5.50. The lowest BCUT2D eigenvalue weighted by Crippen LogP contribution is -2.20. The van der Waals surface area contributed by atoms with Crippen molar-refractivity contribution in [3.05, 3.63) is 24.0 Å². The molecule has 3 atom stereocenters. The van der Waals surface area contributed by atoms with E-state index in [0.29, 0.717) is 0 Å². The summed E-state index contributed by atoms with van der Waals surface area (Å²) < 4.78 is 2.48. The molecule has 0 saturated heterocycles. The highest BCUT2D eigenvalue weighted by Gasteiger charge is 2.39. The zero-order valence-electron chi connectivity index (χ0n) is 10.9. The van der Waals surface area contributed by atoms with E-state index in [2.05, 4.69) is 35.1 Å². The van der Waals surface area contributed by atoms with E-state index in [0.717, 1.165) is 30.8 Å². The van der Waals surface area contributed by atoms with Crippen LogP contribution in [0.5, 0.6) is 0 Å². The normalized spacial score (nSPS) is 31.2. The number of hydrogen-bond acceptors (Lipinski definition) is 1. The van der Waals surface area contributed by atoms with Gasteiger partial charge < -0.3 is 9.88 Å². The van der Waals surface area contributed by atoms with Crippen LogP contribution < -0.4 is 5.32 Å². The number of nitrogens with zero attached hydrogens (tertiary/aromatic N) is 1. The van der Waals surface area contributed by atoms with Gasteiger partial charge in [-0.2, -0.15) is 0 Å². The Hall–Kier alpha value is -0.760. The summed E-state index contributed by atoms with van der Waals surface area (Å²) in [4.78, 5) is 0. The van der Waals surface area contributed by atoms with E-state index in [9.17, 15) is 0 Å². The third kappa shape index (κ3) is 2.28. The largest absolute Gasteiger partial charge is 0.350 e. The molecule has 2 heteroatoms. The molecule has 0 spiro atoms. The fourth-order valence-corrected chi connectivity index (χ4v) is 3.89. The van der Waals surface area contributed by atoms with Gasteiger partial charge >= 0.3 is 0 Å². The van der Waals surface area contributed by atoms with Gasteiger partial charge in [-0.1, -0.05) is 13.3 Å². The predicted octanol–water partition coefficient (Wildman–Crippen LogP) is 3.03. The van der Waals surface area contributed by atoms with Crippen molar-refractivity contribution in [1.29, 1.82) is 0 Å². The van der Waals surface area contributed by atoms with Gasteiger partial charge in [-0.25, -0.2) is 0 Å². The first-order valence-electron chi connectivity index (χ1n) is 7.21. The van der Waals surface area contributed by atoms with Gasteiger partial charge in [0.2, 0.25) is 0 Å². The van der Waals surface area contributed by atoms with E-state index in [-0.39, 0.29) is 0 Å². The van der Waals surface area contributed by atoms with Crippen molar-refractivity contribution >= 4 is 0 Å². The molecule has 0 amide bonds. The van der Waals surface area contributed by atoms with Crippen LogP contribution in [-0.2, 0) is 13.1 Å². The number of aromatic nitrogens is 1. The Labute approximate surface area is 104 Å². The van der Waals surface area contributed by atoms with E-state index >= 15 is 0 Å². The minimum absolute atomic E-state index is 0.960. The first-order chi connectivity index (χ1) is 8.36. The average Bonchev–Trinajstić information content (AvgIpc) is 3.02. The third-order valence-corrected chi connectivity index (χ3v) is 4.80. The second-order valence-electron chi connectivity index (χ2n) is 5.87. The maximum absolute atomic E-state index is 3.43. The van der Waals surface area contributed by atoms with Crippen LogP contribution in [0.15, 0.2) is 18.3 Å². The van der Waals surface area contributed by atoms with Crippen molar-refractivity contribution < 1.29 is 0 Å². The molecule has 1 heterocycles. The van der Waals surface area contributed by atoms with Crippen molar-refractivity contribution in [1.82, 2.24) is 9.88 Å². The molecule has 2 aliphatic rings. The third-order valence-electron chi connectivity index (χ3n) is 4.80.